The van der Waals surface area contributed by atoms with Crippen molar-refractivity contribution >= 4 is 9.76 Å². The number of hydrogen-bond acceptors (Lipinski definition) is 4. The van der Waals surface area contributed by atoms with Gasteiger partial charge in [0.25, 0.3) is 0 Å². The Hall–Kier alpha value is -1.75. The molecule has 2 heterocycles. The highest BCUT2D eigenvalue weighted by Gasteiger charge is 2.19. The van der Waals surface area contributed by atoms with Gasteiger partial charge in [-0.25, -0.2) is 4.98 Å². The lowest BCUT2D eigenvalue weighted by atomic mass is 9.95. The minimum atomic E-state index is 0.424. The van der Waals surface area contributed by atoms with Gasteiger partial charge in [0.2, 0.25) is 5.88 Å². The molecule has 0 saturated heterocycles. The molecule has 0 aromatic carbocycles. The van der Waals surface area contributed by atoms with Crippen LogP contribution in [0.3, 0.4) is 0 Å². The Morgan fingerprint density at radius 1 is 0.838 bits per heavy atom. The molecule has 2 aromatic rings. The molecule has 1 fully saturated rings. The summed E-state index contributed by atoms with van der Waals surface area (Å²) in [7, 11) is 0.424. The normalized spacial score (nSPS) is 15.0. The average molecular weight is 522 g/mol. The van der Waals surface area contributed by atoms with Gasteiger partial charge in [0.1, 0.15) is 5.69 Å². The van der Waals surface area contributed by atoms with Crippen molar-refractivity contribution in [3.8, 4) is 17.3 Å². The molecule has 5 heteroatoms. The maximum Gasteiger partial charge on any atom is 0.313 e. The standard InChI is InChI=1S/C32H51N3OSi/c1-4-5-13-26(2)16-17-27(3)25-37-36-32-24-33-23-31(35-32)30-21-20-29(22-34-30)15-12-10-8-6-7-9-11-14-28-18-19-28/h20-24,26-28H,4-19,25H2,1-3H3. The predicted molar refractivity (Wildman–Crippen MR) is 157 cm³/mol. The maximum atomic E-state index is 5.98. The van der Waals surface area contributed by atoms with Crippen molar-refractivity contribution in [2.45, 2.75) is 130 Å². The van der Waals surface area contributed by atoms with Gasteiger partial charge in [-0.1, -0.05) is 117 Å². The highest BCUT2D eigenvalue weighted by molar-refractivity contribution is 6.28. The van der Waals surface area contributed by atoms with Crippen LogP contribution in [0.25, 0.3) is 11.4 Å². The summed E-state index contributed by atoms with van der Waals surface area (Å²) in [6.45, 7) is 7.01. The first kappa shape index (κ1) is 29.8. The number of aromatic nitrogens is 3. The van der Waals surface area contributed by atoms with Gasteiger partial charge in [-0.3, -0.25) is 9.97 Å². The van der Waals surface area contributed by atoms with Gasteiger partial charge in [0.15, 0.2) is 0 Å². The largest absolute Gasteiger partial charge is 0.527 e. The van der Waals surface area contributed by atoms with Crippen LogP contribution in [0.4, 0.5) is 0 Å². The Morgan fingerprint density at radius 2 is 1.59 bits per heavy atom. The van der Waals surface area contributed by atoms with E-state index in [0.717, 1.165) is 35.7 Å². The molecule has 2 atom stereocenters. The minimum Gasteiger partial charge on any atom is -0.527 e. The van der Waals surface area contributed by atoms with Gasteiger partial charge >= 0.3 is 9.76 Å². The summed E-state index contributed by atoms with van der Waals surface area (Å²) in [6.07, 6.45) is 27.4. The summed E-state index contributed by atoms with van der Waals surface area (Å²) in [5.74, 6) is 3.23. The molecule has 3 rings (SSSR count). The zero-order valence-corrected chi connectivity index (χ0v) is 24.9. The van der Waals surface area contributed by atoms with E-state index in [9.17, 15) is 0 Å². The van der Waals surface area contributed by atoms with Crippen LogP contribution in [0.15, 0.2) is 30.7 Å². The molecule has 0 spiro atoms. The molecule has 0 N–H and O–H groups in total. The van der Waals surface area contributed by atoms with Gasteiger partial charge in [-0.2, -0.15) is 0 Å². The second kappa shape index (κ2) is 17.7. The van der Waals surface area contributed by atoms with Crippen LogP contribution in [0.2, 0.25) is 6.04 Å². The molecule has 2 unspecified atom stereocenters. The number of unbranched alkanes of at least 4 members (excludes halogenated alkanes) is 7. The van der Waals surface area contributed by atoms with Crippen LogP contribution in [0, 0.1) is 17.8 Å². The van der Waals surface area contributed by atoms with Crippen LogP contribution in [0.5, 0.6) is 5.88 Å². The summed E-state index contributed by atoms with van der Waals surface area (Å²) in [6, 6.07) is 5.35. The van der Waals surface area contributed by atoms with Crippen LogP contribution in [0.1, 0.15) is 123 Å². The number of nitrogens with zero attached hydrogens (tertiary/aromatic N) is 3. The van der Waals surface area contributed by atoms with E-state index in [0.29, 0.717) is 21.6 Å². The Kier molecular flexibility index (Phi) is 14.3. The predicted octanol–water partition coefficient (Wildman–Crippen LogP) is 9.27. The fourth-order valence-electron chi connectivity index (χ4n) is 4.92. The topological polar surface area (TPSA) is 47.9 Å². The fourth-order valence-corrected chi connectivity index (χ4v) is 5.74. The van der Waals surface area contributed by atoms with Crippen molar-refractivity contribution in [1.29, 1.82) is 0 Å². The minimum absolute atomic E-state index is 0.424. The summed E-state index contributed by atoms with van der Waals surface area (Å²) in [4.78, 5) is 13.7. The van der Waals surface area contributed by atoms with Gasteiger partial charge in [0.05, 0.1) is 18.1 Å². The second-order valence-electron chi connectivity index (χ2n) is 11.6. The summed E-state index contributed by atoms with van der Waals surface area (Å²) in [5, 5.41) is 0. The lowest BCUT2D eigenvalue weighted by Gasteiger charge is -2.15. The van der Waals surface area contributed by atoms with Crippen molar-refractivity contribution in [2.75, 3.05) is 0 Å². The molecule has 37 heavy (non-hydrogen) atoms. The molecule has 4 nitrogen and oxygen atoms in total. The Balaban J connectivity index is 1.29. The van der Waals surface area contributed by atoms with Gasteiger partial charge < -0.3 is 4.43 Å². The number of hydrogen-bond donors (Lipinski definition) is 0. The third-order valence-electron chi connectivity index (χ3n) is 7.79. The first-order valence-electron chi connectivity index (χ1n) is 15.3. The third kappa shape index (κ3) is 13.0. The molecule has 204 valence electrons. The summed E-state index contributed by atoms with van der Waals surface area (Å²) >= 11 is 0. The van der Waals surface area contributed by atoms with Crippen molar-refractivity contribution in [2.24, 2.45) is 17.8 Å². The van der Waals surface area contributed by atoms with E-state index in [1.165, 1.54) is 102 Å². The lowest BCUT2D eigenvalue weighted by molar-refractivity contribution is 0.412. The van der Waals surface area contributed by atoms with E-state index in [1.54, 1.807) is 12.4 Å². The van der Waals surface area contributed by atoms with E-state index >= 15 is 0 Å². The van der Waals surface area contributed by atoms with E-state index in [-0.39, 0.29) is 0 Å². The van der Waals surface area contributed by atoms with Crippen molar-refractivity contribution in [3.63, 3.8) is 0 Å². The third-order valence-corrected chi connectivity index (χ3v) is 9.00. The molecule has 0 bridgehead atoms. The average Bonchev–Trinajstić information content (AvgIpc) is 3.75. The number of aryl methyl sites for hydroxylation is 1. The molecule has 2 radical (unpaired) electrons. The monoisotopic (exact) mass is 521 g/mol. The molecule has 0 aliphatic heterocycles. The summed E-state index contributed by atoms with van der Waals surface area (Å²) < 4.78 is 5.98. The highest BCUT2D eigenvalue weighted by Crippen LogP contribution is 2.34. The van der Waals surface area contributed by atoms with E-state index in [4.69, 9.17) is 4.43 Å². The highest BCUT2D eigenvalue weighted by atomic mass is 28.2. The smallest absolute Gasteiger partial charge is 0.313 e. The molecule has 1 aliphatic carbocycles. The van der Waals surface area contributed by atoms with Crippen molar-refractivity contribution < 1.29 is 4.43 Å². The molecule has 2 aromatic heterocycles. The molecular weight excluding hydrogens is 470 g/mol. The van der Waals surface area contributed by atoms with Crippen molar-refractivity contribution in [3.05, 3.63) is 36.3 Å². The van der Waals surface area contributed by atoms with Gasteiger partial charge in [0, 0.05) is 6.20 Å². The lowest BCUT2D eigenvalue weighted by Crippen LogP contribution is -2.09. The Labute approximate surface area is 229 Å². The van der Waals surface area contributed by atoms with Gasteiger partial charge in [-0.15, -0.1) is 0 Å². The van der Waals surface area contributed by atoms with E-state index < -0.39 is 0 Å². The second-order valence-corrected chi connectivity index (χ2v) is 12.5. The first-order valence-corrected chi connectivity index (χ1v) is 16.4. The molecule has 1 aliphatic rings. The van der Waals surface area contributed by atoms with Crippen LogP contribution < -0.4 is 4.43 Å². The first-order chi connectivity index (χ1) is 18.1. The fraction of sp³-hybridized carbons (Fsp3) is 0.719. The molecular formula is C32H51N3OSi. The Morgan fingerprint density at radius 3 is 2.32 bits per heavy atom. The van der Waals surface area contributed by atoms with E-state index in [2.05, 4.69) is 47.9 Å². The molecule has 1 saturated carbocycles. The van der Waals surface area contributed by atoms with Gasteiger partial charge in [-0.05, 0) is 48.3 Å². The molecule has 0 amide bonds. The quantitative estimate of drug-likeness (QED) is 0.121. The number of rotatable bonds is 21. The SMILES string of the molecule is CCCCC(C)CCC(C)C[Si]Oc1cncc(-c2ccc(CCCCCCCCCC3CC3)cn2)n1. The zero-order valence-electron chi connectivity index (χ0n) is 23.9. The maximum absolute atomic E-state index is 5.98. The van der Waals surface area contributed by atoms with E-state index in [1.807, 2.05) is 6.20 Å². The Bertz CT molecular complexity index is 855. The van der Waals surface area contributed by atoms with Crippen LogP contribution >= 0.6 is 0 Å². The van der Waals surface area contributed by atoms with Crippen LogP contribution in [-0.2, 0) is 6.42 Å². The zero-order chi connectivity index (χ0) is 26.1. The summed E-state index contributed by atoms with van der Waals surface area (Å²) in [5.41, 5.74) is 2.96. The van der Waals surface area contributed by atoms with Crippen LogP contribution in [-0.4, -0.2) is 24.7 Å². The number of pyridine rings is 1. The van der Waals surface area contributed by atoms with Crippen molar-refractivity contribution in [1.82, 2.24) is 15.0 Å².